The van der Waals surface area contributed by atoms with Crippen molar-refractivity contribution in [2.45, 2.75) is 44.9 Å². The van der Waals surface area contributed by atoms with Crippen molar-refractivity contribution in [1.82, 2.24) is 5.32 Å². The van der Waals surface area contributed by atoms with Crippen LogP contribution in [0.25, 0.3) is 0 Å². The monoisotopic (exact) mass is 309 g/mol. The highest BCUT2D eigenvalue weighted by atomic mass is 32.2. The number of carbonyl (C=O) groups is 1. The zero-order chi connectivity index (χ0) is 15.7. The van der Waals surface area contributed by atoms with Crippen LogP contribution in [0.2, 0.25) is 0 Å². The Bertz CT molecular complexity index is 642. The maximum Gasteiger partial charge on any atom is 0.225 e. The Labute approximate surface area is 126 Å². The Morgan fingerprint density at radius 2 is 2.00 bits per heavy atom. The van der Waals surface area contributed by atoms with E-state index in [2.05, 4.69) is 5.32 Å². The average Bonchev–Trinajstić information content (AvgIpc) is 2.37. The summed E-state index contributed by atoms with van der Waals surface area (Å²) in [7, 11) is -3.08. The van der Waals surface area contributed by atoms with Crippen molar-refractivity contribution in [2.24, 2.45) is 5.41 Å². The highest BCUT2D eigenvalue weighted by molar-refractivity contribution is 7.91. The van der Waals surface area contributed by atoms with Gasteiger partial charge in [0.1, 0.15) is 0 Å². The summed E-state index contributed by atoms with van der Waals surface area (Å²) in [4.78, 5) is 12.3. The second kappa shape index (κ2) is 5.79. The SMILES string of the molecule is CC(C)(C)C(=O)NCCc1ccc2c(c1)CCCS2(=O)=O. The molecule has 0 unspecified atom stereocenters. The van der Waals surface area contributed by atoms with Crippen LogP contribution in [0.1, 0.15) is 38.3 Å². The highest BCUT2D eigenvalue weighted by Crippen LogP contribution is 2.26. The first-order valence-corrected chi connectivity index (χ1v) is 8.98. The zero-order valence-corrected chi connectivity index (χ0v) is 13.7. The lowest BCUT2D eigenvalue weighted by Crippen LogP contribution is -2.35. The van der Waals surface area contributed by atoms with Crippen LogP contribution in [-0.4, -0.2) is 26.6 Å². The summed E-state index contributed by atoms with van der Waals surface area (Å²) in [5, 5.41) is 2.91. The summed E-state index contributed by atoms with van der Waals surface area (Å²) < 4.78 is 23.9. The Hall–Kier alpha value is -1.36. The van der Waals surface area contributed by atoms with Gasteiger partial charge in [0.25, 0.3) is 0 Å². The molecule has 0 spiro atoms. The molecular weight excluding hydrogens is 286 g/mol. The summed E-state index contributed by atoms with van der Waals surface area (Å²) in [6.07, 6.45) is 2.23. The van der Waals surface area contributed by atoms with Crippen molar-refractivity contribution in [3.63, 3.8) is 0 Å². The molecule has 1 N–H and O–H groups in total. The lowest BCUT2D eigenvalue weighted by Gasteiger charge is -2.19. The van der Waals surface area contributed by atoms with E-state index in [0.29, 0.717) is 17.9 Å². The summed E-state index contributed by atoms with van der Waals surface area (Å²) in [6.45, 7) is 6.21. The normalized spacial score (nSPS) is 17.1. The second-order valence-electron chi connectivity index (χ2n) is 6.62. The third-order valence-corrected chi connectivity index (χ3v) is 5.59. The van der Waals surface area contributed by atoms with E-state index in [1.54, 1.807) is 6.07 Å². The molecule has 1 aromatic rings. The molecule has 116 valence electrons. The van der Waals surface area contributed by atoms with E-state index in [9.17, 15) is 13.2 Å². The van der Waals surface area contributed by atoms with Crippen LogP contribution >= 0.6 is 0 Å². The fraction of sp³-hybridized carbons (Fsp3) is 0.562. The van der Waals surface area contributed by atoms with Crippen LogP contribution in [0.15, 0.2) is 23.1 Å². The summed E-state index contributed by atoms with van der Waals surface area (Å²) >= 11 is 0. The maximum absolute atomic E-state index is 11.9. The summed E-state index contributed by atoms with van der Waals surface area (Å²) in [5.41, 5.74) is 1.60. The minimum absolute atomic E-state index is 0.0306. The van der Waals surface area contributed by atoms with Crippen molar-refractivity contribution in [3.05, 3.63) is 29.3 Å². The first kappa shape index (κ1) is 16.0. The van der Waals surface area contributed by atoms with Crippen LogP contribution in [0, 0.1) is 5.41 Å². The van der Waals surface area contributed by atoms with E-state index in [-0.39, 0.29) is 17.1 Å². The molecule has 0 fully saturated rings. The smallest absolute Gasteiger partial charge is 0.225 e. The number of nitrogens with one attached hydrogen (secondary N) is 1. The number of sulfone groups is 1. The molecule has 0 aromatic heterocycles. The Morgan fingerprint density at radius 3 is 2.67 bits per heavy atom. The Balaban J connectivity index is 2.02. The quantitative estimate of drug-likeness (QED) is 0.930. The molecule has 5 heteroatoms. The number of hydrogen-bond donors (Lipinski definition) is 1. The Kier molecular flexibility index (Phi) is 4.42. The van der Waals surface area contributed by atoms with Crippen LogP contribution in [0.4, 0.5) is 0 Å². The van der Waals surface area contributed by atoms with Crippen LogP contribution in [0.5, 0.6) is 0 Å². The van der Waals surface area contributed by atoms with Gasteiger partial charge in [-0.2, -0.15) is 0 Å². The predicted octanol–water partition coefficient (Wildman–Crippen LogP) is 2.11. The maximum atomic E-state index is 11.9. The minimum Gasteiger partial charge on any atom is -0.355 e. The number of hydrogen-bond acceptors (Lipinski definition) is 3. The van der Waals surface area contributed by atoms with Crippen molar-refractivity contribution < 1.29 is 13.2 Å². The van der Waals surface area contributed by atoms with Gasteiger partial charge in [-0.05, 0) is 36.5 Å². The fourth-order valence-electron chi connectivity index (χ4n) is 2.44. The molecule has 4 nitrogen and oxygen atoms in total. The molecule has 1 amide bonds. The van der Waals surface area contributed by atoms with Gasteiger partial charge in [-0.25, -0.2) is 8.42 Å². The van der Waals surface area contributed by atoms with Gasteiger partial charge < -0.3 is 5.32 Å². The number of aryl methyl sites for hydroxylation is 1. The third-order valence-electron chi connectivity index (χ3n) is 3.70. The van der Waals surface area contributed by atoms with E-state index >= 15 is 0 Å². The second-order valence-corrected chi connectivity index (χ2v) is 8.70. The van der Waals surface area contributed by atoms with Crippen molar-refractivity contribution in [1.29, 1.82) is 0 Å². The molecular formula is C16H23NO3S. The molecule has 0 aliphatic carbocycles. The lowest BCUT2D eigenvalue weighted by atomic mass is 9.95. The Morgan fingerprint density at radius 1 is 1.29 bits per heavy atom. The van der Waals surface area contributed by atoms with Crippen molar-refractivity contribution >= 4 is 15.7 Å². The van der Waals surface area contributed by atoms with Crippen LogP contribution < -0.4 is 5.32 Å². The molecule has 0 radical (unpaired) electrons. The van der Waals surface area contributed by atoms with Crippen molar-refractivity contribution in [3.8, 4) is 0 Å². The van der Waals surface area contributed by atoms with E-state index in [1.807, 2.05) is 32.9 Å². The third kappa shape index (κ3) is 3.84. The van der Waals surface area contributed by atoms with Gasteiger partial charge in [0.15, 0.2) is 9.84 Å². The molecule has 1 heterocycles. The van der Waals surface area contributed by atoms with Gasteiger partial charge in [0.05, 0.1) is 10.6 Å². The minimum atomic E-state index is -3.08. The molecule has 0 atom stereocenters. The zero-order valence-electron chi connectivity index (χ0n) is 12.9. The van der Waals surface area contributed by atoms with Gasteiger partial charge >= 0.3 is 0 Å². The van der Waals surface area contributed by atoms with Gasteiger partial charge in [-0.1, -0.05) is 32.9 Å². The largest absolute Gasteiger partial charge is 0.355 e. The van der Waals surface area contributed by atoms with Gasteiger partial charge in [-0.3, -0.25) is 4.79 Å². The average molecular weight is 309 g/mol. The number of rotatable bonds is 3. The number of amides is 1. The van der Waals surface area contributed by atoms with E-state index in [0.717, 1.165) is 24.0 Å². The molecule has 2 rings (SSSR count). The molecule has 0 bridgehead atoms. The van der Waals surface area contributed by atoms with Crippen LogP contribution in [0.3, 0.4) is 0 Å². The number of fused-ring (bicyclic) bond motifs is 1. The highest BCUT2D eigenvalue weighted by Gasteiger charge is 2.23. The lowest BCUT2D eigenvalue weighted by molar-refractivity contribution is -0.128. The molecule has 0 saturated heterocycles. The standard InChI is InChI=1S/C16H23NO3S/c1-16(2,3)15(18)17-9-8-12-6-7-14-13(11-12)5-4-10-21(14,19)20/h6-7,11H,4-5,8-10H2,1-3H3,(H,17,18). The predicted molar refractivity (Wildman–Crippen MR) is 83.0 cm³/mol. The molecule has 1 aliphatic heterocycles. The molecule has 1 aliphatic rings. The van der Waals surface area contributed by atoms with E-state index < -0.39 is 9.84 Å². The van der Waals surface area contributed by atoms with Gasteiger partial charge in [0, 0.05) is 12.0 Å². The van der Waals surface area contributed by atoms with Gasteiger partial charge in [-0.15, -0.1) is 0 Å². The summed E-state index contributed by atoms with van der Waals surface area (Å²) in [6, 6.07) is 5.53. The molecule has 0 saturated carbocycles. The summed E-state index contributed by atoms with van der Waals surface area (Å²) in [5.74, 6) is 0.282. The van der Waals surface area contributed by atoms with Crippen LogP contribution in [-0.2, 0) is 27.5 Å². The van der Waals surface area contributed by atoms with E-state index in [4.69, 9.17) is 0 Å². The number of carbonyl (C=O) groups excluding carboxylic acids is 1. The van der Waals surface area contributed by atoms with Gasteiger partial charge in [0.2, 0.25) is 5.91 Å². The topological polar surface area (TPSA) is 63.2 Å². The number of benzene rings is 1. The van der Waals surface area contributed by atoms with Crippen molar-refractivity contribution in [2.75, 3.05) is 12.3 Å². The van der Waals surface area contributed by atoms with E-state index in [1.165, 1.54) is 0 Å². The fourth-order valence-corrected chi connectivity index (χ4v) is 4.02. The first-order valence-electron chi connectivity index (χ1n) is 7.33. The molecule has 1 aromatic carbocycles. The first-order chi connectivity index (χ1) is 9.70. The molecule has 21 heavy (non-hydrogen) atoms.